The van der Waals surface area contributed by atoms with Crippen molar-refractivity contribution in [2.75, 3.05) is 11.9 Å². The van der Waals surface area contributed by atoms with Gasteiger partial charge in [-0.2, -0.15) is 4.37 Å². The van der Waals surface area contributed by atoms with Crippen molar-refractivity contribution in [3.63, 3.8) is 0 Å². The fraction of sp³-hybridized carbons (Fsp3) is 0.333. The Morgan fingerprint density at radius 3 is 2.58 bits per heavy atom. The Balaban J connectivity index is 2.10. The minimum atomic E-state index is -0.855. The molecular weight excluding hydrogens is 286 g/mol. The number of hydrogen-bond acceptors (Lipinski definition) is 6. The van der Waals surface area contributed by atoms with Crippen molar-refractivity contribution in [2.45, 2.75) is 19.1 Å². The molecule has 1 aromatic heterocycles. The molecule has 0 aliphatic heterocycles. The zero-order valence-electron chi connectivity index (χ0n) is 10.2. The van der Waals surface area contributed by atoms with E-state index in [2.05, 4.69) is 14.7 Å². The van der Waals surface area contributed by atoms with Gasteiger partial charge in [-0.05, 0) is 24.6 Å². The molecule has 0 amide bonds. The van der Waals surface area contributed by atoms with Crippen molar-refractivity contribution in [3.05, 3.63) is 40.7 Å². The van der Waals surface area contributed by atoms with Crippen LogP contribution in [0.3, 0.4) is 0 Å². The molecule has 0 spiro atoms. The molecule has 0 saturated carbocycles. The van der Waals surface area contributed by atoms with E-state index in [0.29, 0.717) is 21.5 Å². The molecule has 0 aliphatic carbocycles. The van der Waals surface area contributed by atoms with Gasteiger partial charge in [0.25, 0.3) is 0 Å². The first kappa shape index (κ1) is 14.2. The zero-order chi connectivity index (χ0) is 13.8. The van der Waals surface area contributed by atoms with Gasteiger partial charge in [0.2, 0.25) is 5.13 Å². The number of nitrogens with zero attached hydrogens (tertiary/aromatic N) is 2. The van der Waals surface area contributed by atoms with Gasteiger partial charge in [-0.3, -0.25) is 0 Å². The molecule has 19 heavy (non-hydrogen) atoms. The Morgan fingerprint density at radius 1 is 1.37 bits per heavy atom. The maximum absolute atomic E-state index is 10.2. The van der Waals surface area contributed by atoms with Crippen LogP contribution in [-0.2, 0) is 0 Å². The average molecular weight is 300 g/mol. The van der Waals surface area contributed by atoms with E-state index in [-0.39, 0.29) is 6.61 Å². The number of benzene rings is 1. The highest BCUT2D eigenvalue weighted by Gasteiger charge is 2.21. The van der Waals surface area contributed by atoms with Crippen molar-refractivity contribution in [2.24, 2.45) is 0 Å². The van der Waals surface area contributed by atoms with Crippen LogP contribution < -0.4 is 5.32 Å². The van der Waals surface area contributed by atoms with Crippen molar-refractivity contribution in [3.8, 4) is 0 Å². The molecule has 0 unspecified atom stereocenters. The van der Waals surface area contributed by atoms with E-state index in [1.54, 1.807) is 31.2 Å². The van der Waals surface area contributed by atoms with E-state index >= 15 is 0 Å². The summed E-state index contributed by atoms with van der Waals surface area (Å²) in [5.74, 6) is 0.658. The number of anilines is 1. The van der Waals surface area contributed by atoms with Crippen LogP contribution in [0.2, 0.25) is 5.02 Å². The first-order chi connectivity index (χ1) is 9.10. The summed E-state index contributed by atoms with van der Waals surface area (Å²) in [7, 11) is 0. The van der Waals surface area contributed by atoms with Crippen LogP contribution in [0.5, 0.6) is 0 Å². The lowest BCUT2D eigenvalue weighted by Gasteiger charge is -2.22. The van der Waals surface area contributed by atoms with Gasteiger partial charge in [-0.15, -0.1) is 0 Å². The topological polar surface area (TPSA) is 78.3 Å². The third-order valence-corrected chi connectivity index (χ3v) is 3.62. The largest absolute Gasteiger partial charge is 0.394 e. The second kappa shape index (κ2) is 6.29. The van der Waals surface area contributed by atoms with E-state index in [1.807, 2.05) is 0 Å². The first-order valence-corrected chi connectivity index (χ1v) is 6.86. The minimum absolute atomic E-state index is 0.220. The summed E-state index contributed by atoms with van der Waals surface area (Å²) in [6.45, 7) is 1.56. The number of hydrogen-bond donors (Lipinski definition) is 3. The molecule has 102 valence electrons. The Morgan fingerprint density at radius 2 is 2.05 bits per heavy atom. The molecule has 0 aliphatic rings. The Labute approximate surface area is 120 Å². The average Bonchev–Trinajstić information content (AvgIpc) is 2.81. The molecule has 1 heterocycles. The molecule has 7 heteroatoms. The lowest BCUT2D eigenvalue weighted by atomic mass is 10.0. The standard InChI is InChI=1S/C12H14ClN3O2S/c1-7-14-12(19-16-7)15-10(6-17)11(18)8-2-4-9(13)5-3-8/h2-5,10-11,17-18H,6H2,1H3,(H,14,15,16)/t10-,11+/m0/s1. The van der Waals surface area contributed by atoms with Gasteiger partial charge < -0.3 is 15.5 Å². The smallest absolute Gasteiger partial charge is 0.202 e. The van der Waals surface area contributed by atoms with E-state index in [9.17, 15) is 10.2 Å². The second-order valence-corrected chi connectivity index (χ2v) is 5.26. The summed E-state index contributed by atoms with van der Waals surface area (Å²) in [6.07, 6.45) is -0.855. The Hall–Kier alpha value is -1.21. The van der Waals surface area contributed by atoms with Crippen LogP contribution in [0, 0.1) is 6.92 Å². The third kappa shape index (κ3) is 3.63. The molecule has 1 aromatic carbocycles. The Bertz CT molecular complexity index is 532. The third-order valence-electron chi connectivity index (χ3n) is 2.63. The zero-order valence-corrected chi connectivity index (χ0v) is 11.8. The monoisotopic (exact) mass is 299 g/mol. The molecule has 0 fully saturated rings. The number of aryl methyl sites for hydroxylation is 1. The maximum atomic E-state index is 10.2. The van der Waals surface area contributed by atoms with Crippen molar-refractivity contribution in [1.29, 1.82) is 0 Å². The number of nitrogens with one attached hydrogen (secondary N) is 1. The number of rotatable bonds is 5. The van der Waals surface area contributed by atoms with Crippen molar-refractivity contribution < 1.29 is 10.2 Å². The molecule has 2 rings (SSSR count). The summed E-state index contributed by atoms with van der Waals surface area (Å²) in [5, 5.41) is 23.8. The highest BCUT2D eigenvalue weighted by atomic mass is 35.5. The Kier molecular flexibility index (Phi) is 4.71. The van der Waals surface area contributed by atoms with E-state index in [1.165, 1.54) is 11.5 Å². The molecule has 0 radical (unpaired) electrons. The van der Waals surface area contributed by atoms with Crippen LogP contribution in [0.1, 0.15) is 17.5 Å². The maximum Gasteiger partial charge on any atom is 0.202 e. The van der Waals surface area contributed by atoms with Crippen LogP contribution in [0.4, 0.5) is 5.13 Å². The summed E-state index contributed by atoms with van der Waals surface area (Å²) < 4.78 is 4.03. The van der Waals surface area contributed by atoms with Crippen LogP contribution in [0.25, 0.3) is 0 Å². The lowest BCUT2D eigenvalue weighted by molar-refractivity contribution is 0.118. The number of aliphatic hydroxyl groups is 2. The number of aromatic nitrogens is 2. The predicted molar refractivity (Wildman–Crippen MR) is 75.6 cm³/mol. The van der Waals surface area contributed by atoms with Crippen molar-refractivity contribution >= 4 is 28.3 Å². The van der Waals surface area contributed by atoms with Crippen molar-refractivity contribution in [1.82, 2.24) is 9.36 Å². The van der Waals surface area contributed by atoms with Gasteiger partial charge in [0, 0.05) is 16.6 Å². The molecule has 0 saturated heterocycles. The molecule has 5 nitrogen and oxygen atoms in total. The molecule has 2 atom stereocenters. The SMILES string of the molecule is Cc1nsc(N[C@@H](CO)[C@H](O)c2ccc(Cl)cc2)n1. The second-order valence-electron chi connectivity index (χ2n) is 4.08. The van der Waals surface area contributed by atoms with Gasteiger partial charge in [-0.1, -0.05) is 23.7 Å². The predicted octanol–water partition coefficient (Wildman–Crippen LogP) is 2.01. The molecule has 3 N–H and O–H groups in total. The van der Waals surface area contributed by atoms with E-state index in [4.69, 9.17) is 11.6 Å². The molecule has 0 bridgehead atoms. The van der Waals surface area contributed by atoms with Gasteiger partial charge in [-0.25, -0.2) is 4.98 Å². The quantitative estimate of drug-likeness (QED) is 0.787. The highest BCUT2D eigenvalue weighted by Crippen LogP contribution is 2.22. The molecular formula is C12H14ClN3O2S. The van der Waals surface area contributed by atoms with Gasteiger partial charge in [0.1, 0.15) is 11.9 Å². The van der Waals surface area contributed by atoms with Crippen LogP contribution in [0.15, 0.2) is 24.3 Å². The van der Waals surface area contributed by atoms with E-state index in [0.717, 1.165) is 0 Å². The fourth-order valence-corrected chi connectivity index (χ4v) is 2.39. The normalized spacial score (nSPS) is 14.1. The van der Waals surface area contributed by atoms with E-state index < -0.39 is 12.1 Å². The van der Waals surface area contributed by atoms with Gasteiger partial charge >= 0.3 is 0 Å². The number of aliphatic hydroxyl groups excluding tert-OH is 2. The summed E-state index contributed by atoms with van der Waals surface area (Å²) in [5.41, 5.74) is 0.678. The van der Waals surface area contributed by atoms with Crippen LogP contribution in [-0.4, -0.2) is 32.2 Å². The summed E-state index contributed by atoms with van der Waals surface area (Å²) in [6, 6.07) is 6.30. The van der Waals surface area contributed by atoms with Gasteiger partial charge in [0.05, 0.1) is 12.6 Å². The van der Waals surface area contributed by atoms with Crippen LogP contribution >= 0.6 is 23.1 Å². The summed E-state index contributed by atoms with van der Waals surface area (Å²) in [4.78, 5) is 4.14. The lowest BCUT2D eigenvalue weighted by Crippen LogP contribution is -2.31. The highest BCUT2D eigenvalue weighted by molar-refractivity contribution is 7.09. The number of halogens is 1. The minimum Gasteiger partial charge on any atom is -0.394 e. The fourth-order valence-electron chi connectivity index (χ4n) is 1.63. The first-order valence-electron chi connectivity index (χ1n) is 5.71. The molecule has 2 aromatic rings. The summed E-state index contributed by atoms with van der Waals surface area (Å²) >= 11 is 6.99. The van der Waals surface area contributed by atoms with Gasteiger partial charge in [0.15, 0.2) is 0 Å².